The van der Waals surface area contributed by atoms with Gasteiger partial charge in [-0.1, -0.05) is 23.7 Å². The Morgan fingerprint density at radius 1 is 1.03 bits per heavy atom. The van der Waals surface area contributed by atoms with Gasteiger partial charge in [0.1, 0.15) is 6.04 Å². The molecule has 1 atom stereocenters. The zero-order valence-corrected chi connectivity index (χ0v) is 17.8. The molecular weight excluding hydrogens is 448 g/mol. The van der Waals surface area contributed by atoms with Gasteiger partial charge in [-0.2, -0.15) is 0 Å². The van der Waals surface area contributed by atoms with Crippen LogP contribution in [0.2, 0.25) is 5.02 Å². The number of carbonyl (C=O) groups is 3. The van der Waals surface area contributed by atoms with Gasteiger partial charge < -0.3 is 10.6 Å². The zero-order valence-electron chi connectivity index (χ0n) is 17.0. The van der Waals surface area contributed by atoms with E-state index in [-0.39, 0.29) is 17.7 Å². The van der Waals surface area contributed by atoms with Gasteiger partial charge in [-0.25, -0.2) is 0 Å². The van der Waals surface area contributed by atoms with Crippen molar-refractivity contribution in [2.75, 3.05) is 15.5 Å². The van der Waals surface area contributed by atoms with Crippen LogP contribution in [-0.4, -0.2) is 28.7 Å². The van der Waals surface area contributed by atoms with Crippen molar-refractivity contribution in [1.29, 1.82) is 0 Å². The minimum Gasteiger partial charge on any atom is -0.326 e. The van der Waals surface area contributed by atoms with Crippen LogP contribution in [0.25, 0.3) is 0 Å². The van der Waals surface area contributed by atoms with Crippen LogP contribution in [-0.2, 0) is 9.59 Å². The van der Waals surface area contributed by atoms with Gasteiger partial charge in [0.2, 0.25) is 11.8 Å². The molecule has 0 aliphatic carbocycles. The van der Waals surface area contributed by atoms with Crippen LogP contribution in [0.15, 0.2) is 72.8 Å². The largest absolute Gasteiger partial charge is 0.326 e. The van der Waals surface area contributed by atoms with Crippen LogP contribution in [0.5, 0.6) is 0 Å². The average Bonchev–Trinajstić information content (AvgIpc) is 2.80. The maximum Gasteiger partial charge on any atom is 0.269 e. The second kappa shape index (κ2) is 9.09. The first kappa shape index (κ1) is 22.0. The highest BCUT2D eigenvalue weighted by molar-refractivity contribution is 6.30. The number of fused-ring (bicyclic) bond motifs is 1. The lowest BCUT2D eigenvalue weighted by Gasteiger charge is -2.36. The van der Waals surface area contributed by atoms with Crippen molar-refractivity contribution in [2.24, 2.45) is 0 Å². The molecule has 0 radical (unpaired) electrons. The molecule has 3 amide bonds. The number of nitro groups is 1. The second-order valence-electron chi connectivity index (χ2n) is 7.26. The predicted molar refractivity (Wildman–Crippen MR) is 123 cm³/mol. The van der Waals surface area contributed by atoms with E-state index >= 15 is 0 Å². The van der Waals surface area contributed by atoms with E-state index in [1.807, 2.05) is 0 Å². The highest BCUT2D eigenvalue weighted by atomic mass is 35.5. The molecule has 4 rings (SSSR count). The SMILES string of the molecule is O=C(C[C@@H]1C(=O)Nc2ccccc2N1C(=O)c1ccc([N+](=O)[O-])cc1)Nc1ccc(Cl)cc1. The molecule has 1 aliphatic heterocycles. The molecule has 9 nitrogen and oxygen atoms in total. The molecule has 2 N–H and O–H groups in total. The first-order chi connectivity index (χ1) is 15.8. The molecule has 0 spiro atoms. The molecule has 1 heterocycles. The average molecular weight is 465 g/mol. The molecule has 0 unspecified atom stereocenters. The fourth-order valence-corrected chi connectivity index (χ4v) is 3.64. The first-order valence-corrected chi connectivity index (χ1v) is 10.2. The number of carbonyl (C=O) groups excluding carboxylic acids is 3. The van der Waals surface area contributed by atoms with Crippen molar-refractivity contribution in [2.45, 2.75) is 12.5 Å². The summed E-state index contributed by atoms with van der Waals surface area (Å²) in [7, 11) is 0. The molecule has 3 aromatic rings. The van der Waals surface area contributed by atoms with Gasteiger partial charge in [0.25, 0.3) is 11.6 Å². The van der Waals surface area contributed by atoms with E-state index in [9.17, 15) is 24.5 Å². The zero-order chi connectivity index (χ0) is 23.5. The fraction of sp³-hybridized carbons (Fsp3) is 0.0870. The van der Waals surface area contributed by atoms with Crippen molar-refractivity contribution < 1.29 is 19.3 Å². The second-order valence-corrected chi connectivity index (χ2v) is 7.70. The third-order valence-corrected chi connectivity index (χ3v) is 5.34. The number of nitrogens with one attached hydrogen (secondary N) is 2. The number of benzene rings is 3. The normalized spacial score (nSPS) is 14.8. The molecule has 0 saturated heterocycles. The number of non-ortho nitro benzene ring substituents is 1. The van der Waals surface area contributed by atoms with Gasteiger partial charge in [-0.15, -0.1) is 0 Å². The summed E-state index contributed by atoms with van der Waals surface area (Å²) in [4.78, 5) is 50.6. The molecule has 166 valence electrons. The molecule has 10 heteroatoms. The van der Waals surface area contributed by atoms with Crippen molar-refractivity contribution in [3.8, 4) is 0 Å². The number of anilines is 3. The van der Waals surface area contributed by atoms with Crippen LogP contribution in [0.1, 0.15) is 16.8 Å². The van der Waals surface area contributed by atoms with Gasteiger partial charge in [-0.05, 0) is 48.5 Å². The van der Waals surface area contributed by atoms with Gasteiger partial charge in [0, 0.05) is 28.4 Å². The fourth-order valence-electron chi connectivity index (χ4n) is 3.51. The van der Waals surface area contributed by atoms with E-state index in [0.29, 0.717) is 22.1 Å². The summed E-state index contributed by atoms with van der Waals surface area (Å²) >= 11 is 5.86. The molecular formula is C23H17ClN4O5. The number of hydrogen-bond acceptors (Lipinski definition) is 5. The Morgan fingerprint density at radius 3 is 2.36 bits per heavy atom. The smallest absolute Gasteiger partial charge is 0.269 e. The quantitative estimate of drug-likeness (QED) is 0.432. The van der Waals surface area contributed by atoms with Crippen molar-refractivity contribution in [3.05, 3.63) is 93.5 Å². The molecule has 0 saturated carbocycles. The van der Waals surface area contributed by atoms with E-state index in [1.54, 1.807) is 48.5 Å². The predicted octanol–water partition coefficient (Wildman–Crippen LogP) is 4.24. The maximum atomic E-state index is 13.4. The standard InChI is InChI=1S/C23H17ClN4O5/c24-15-7-9-16(10-8-15)25-21(29)13-20-22(30)26-18-3-1-2-4-19(18)27(20)23(31)14-5-11-17(12-6-14)28(32)33/h1-12,20H,13H2,(H,25,29)(H,26,30)/t20-/m1/s1. The number of rotatable bonds is 5. The lowest BCUT2D eigenvalue weighted by Crippen LogP contribution is -2.52. The van der Waals surface area contributed by atoms with Crippen molar-refractivity contribution in [1.82, 2.24) is 0 Å². The Balaban J connectivity index is 1.64. The first-order valence-electron chi connectivity index (χ1n) is 9.87. The van der Waals surface area contributed by atoms with Crippen LogP contribution in [0, 0.1) is 10.1 Å². The van der Waals surface area contributed by atoms with E-state index in [4.69, 9.17) is 11.6 Å². The number of nitrogens with zero attached hydrogens (tertiary/aromatic N) is 2. The third kappa shape index (κ3) is 4.68. The number of hydrogen-bond donors (Lipinski definition) is 2. The summed E-state index contributed by atoms with van der Waals surface area (Å²) in [5.74, 6) is -1.55. The van der Waals surface area contributed by atoms with Crippen molar-refractivity contribution in [3.63, 3.8) is 0 Å². The Hall–Kier alpha value is -4.24. The van der Waals surface area contributed by atoms with Crippen LogP contribution in [0.3, 0.4) is 0 Å². The number of nitro benzene ring substituents is 1. The minimum absolute atomic E-state index is 0.146. The lowest BCUT2D eigenvalue weighted by molar-refractivity contribution is -0.384. The summed E-state index contributed by atoms with van der Waals surface area (Å²) in [6, 6.07) is 17.1. The Labute approximate surface area is 193 Å². The lowest BCUT2D eigenvalue weighted by atomic mass is 10.0. The molecule has 3 aromatic carbocycles. The Kier molecular flexibility index (Phi) is 6.05. The third-order valence-electron chi connectivity index (χ3n) is 5.09. The molecule has 0 aromatic heterocycles. The van der Waals surface area contributed by atoms with Gasteiger partial charge in [0.15, 0.2) is 0 Å². The monoisotopic (exact) mass is 464 g/mol. The Morgan fingerprint density at radius 2 is 1.70 bits per heavy atom. The highest BCUT2D eigenvalue weighted by Crippen LogP contribution is 2.34. The highest BCUT2D eigenvalue weighted by Gasteiger charge is 2.38. The summed E-state index contributed by atoms with van der Waals surface area (Å²) < 4.78 is 0. The Bertz CT molecular complexity index is 1240. The van der Waals surface area contributed by atoms with E-state index in [2.05, 4.69) is 10.6 Å². The summed E-state index contributed by atoms with van der Waals surface area (Å²) in [5.41, 5.74) is 1.32. The molecule has 0 bridgehead atoms. The number of halogens is 1. The summed E-state index contributed by atoms with van der Waals surface area (Å²) in [5, 5.41) is 16.9. The van der Waals surface area contributed by atoms with E-state index in [1.165, 1.54) is 29.2 Å². The van der Waals surface area contributed by atoms with E-state index < -0.39 is 28.7 Å². The van der Waals surface area contributed by atoms with Crippen LogP contribution < -0.4 is 15.5 Å². The number of amides is 3. The topological polar surface area (TPSA) is 122 Å². The van der Waals surface area contributed by atoms with Crippen LogP contribution in [0.4, 0.5) is 22.7 Å². The van der Waals surface area contributed by atoms with Crippen molar-refractivity contribution >= 4 is 52.1 Å². The maximum absolute atomic E-state index is 13.4. The number of para-hydroxylation sites is 2. The van der Waals surface area contributed by atoms with Crippen LogP contribution >= 0.6 is 11.6 Å². The molecule has 1 aliphatic rings. The molecule has 33 heavy (non-hydrogen) atoms. The van der Waals surface area contributed by atoms with E-state index in [0.717, 1.165) is 0 Å². The van der Waals surface area contributed by atoms with Gasteiger partial charge in [0.05, 0.1) is 22.7 Å². The summed E-state index contributed by atoms with van der Waals surface area (Å²) in [6.07, 6.45) is -0.304. The molecule has 0 fully saturated rings. The summed E-state index contributed by atoms with van der Waals surface area (Å²) in [6.45, 7) is 0. The minimum atomic E-state index is -1.13. The van der Waals surface area contributed by atoms with Gasteiger partial charge in [-0.3, -0.25) is 29.4 Å². The van der Waals surface area contributed by atoms with Gasteiger partial charge >= 0.3 is 0 Å².